The van der Waals surface area contributed by atoms with Crippen LogP contribution >= 0.6 is 0 Å². The molecule has 0 bridgehead atoms. The number of carbonyl (C=O) groups is 1. The third-order valence-corrected chi connectivity index (χ3v) is 3.26. The molecule has 1 aromatic rings. The van der Waals surface area contributed by atoms with Crippen LogP contribution in [-0.4, -0.2) is 16.5 Å². The second kappa shape index (κ2) is 3.81. The van der Waals surface area contributed by atoms with Crippen molar-refractivity contribution in [2.24, 2.45) is 5.92 Å². The predicted molar refractivity (Wildman–Crippen MR) is 55.6 cm³/mol. The first kappa shape index (κ1) is 10.4. The summed E-state index contributed by atoms with van der Waals surface area (Å²) in [7, 11) is 0. The third-order valence-electron chi connectivity index (χ3n) is 3.26. The van der Waals surface area contributed by atoms with Crippen LogP contribution in [0.4, 0.5) is 0 Å². The zero-order chi connectivity index (χ0) is 10.9. The molecular weight excluding hydrogens is 192 g/mol. The Morgan fingerprint density at radius 2 is 2.40 bits per heavy atom. The minimum absolute atomic E-state index is 0.0651. The summed E-state index contributed by atoms with van der Waals surface area (Å²) < 4.78 is 5.08. The minimum atomic E-state index is -0.873. The quantitative estimate of drug-likeness (QED) is 0.759. The molecule has 0 spiro atoms. The highest BCUT2D eigenvalue weighted by atomic mass is 16.3. The topological polar surface area (TPSA) is 50.4 Å². The van der Waals surface area contributed by atoms with Crippen LogP contribution in [0.5, 0.6) is 0 Å². The van der Waals surface area contributed by atoms with Gasteiger partial charge in [0.2, 0.25) is 5.78 Å². The molecule has 15 heavy (non-hydrogen) atoms. The van der Waals surface area contributed by atoms with E-state index in [2.05, 4.69) is 0 Å². The van der Waals surface area contributed by atoms with Crippen molar-refractivity contribution < 1.29 is 14.3 Å². The fraction of sp³-hybridized carbons (Fsp3) is 0.583. The van der Waals surface area contributed by atoms with E-state index in [1.165, 1.54) is 6.26 Å². The molecule has 1 aliphatic rings. The molecule has 3 nitrogen and oxygen atoms in total. The zero-order valence-corrected chi connectivity index (χ0v) is 8.90. The van der Waals surface area contributed by atoms with Gasteiger partial charge in [-0.2, -0.15) is 0 Å². The molecule has 0 saturated heterocycles. The van der Waals surface area contributed by atoms with Crippen molar-refractivity contribution in [1.29, 1.82) is 0 Å². The molecule has 1 N–H and O–H groups in total. The first-order valence-electron chi connectivity index (χ1n) is 5.41. The average Bonchev–Trinajstić information content (AvgIpc) is 2.69. The fourth-order valence-corrected chi connectivity index (χ4v) is 2.32. The highest BCUT2D eigenvalue weighted by Gasteiger charge is 2.40. The normalized spacial score (nSPS) is 31.5. The second-order valence-corrected chi connectivity index (χ2v) is 4.50. The van der Waals surface area contributed by atoms with E-state index in [4.69, 9.17) is 4.42 Å². The lowest BCUT2D eigenvalue weighted by Crippen LogP contribution is -2.42. The van der Waals surface area contributed by atoms with Crippen molar-refractivity contribution in [3.8, 4) is 0 Å². The Kier molecular flexibility index (Phi) is 2.65. The van der Waals surface area contributed by atoms with Crippen LogP contribution in [0.3, 0.4) is 0 Å². The number of ketones is 1. The van der Waals surface area contributed by atoms with E-state index in [0.29, 0.717) is 12.2 Å². The molecule has 1 saturated carbocycles. The highest BCUT2D eigenvalue weighted by molar-refractivity contribution is 5.96. The van der Waals surface area contributed by atoms with Crippen molar-refractivity contribution in [2.45, 2.75) is 38.2 Å². The Labute approximate surface area is 89.1 Å². The predicted octanol–water partition coefficient (Wildman–Crippen LogP) is 2.40. The first-order valence-corrected chi connectivity index (χ1v) is 5.41. The molecular formula is C12H16O3. The fourth-order valence-electron chi connectivity index (χ4n) is 2.32. The van der Waals surface area contributed by atoms with Crippen molar-refractivity contribution in [2.75, 3.05) is 0 Å². The van der Waals surface area contributed by atoms with E-state index >= 15 is 0 Å². The second-order valence-electron chi connectivity index (χ2n) is 4.50. The smallest absolute Gasteiger partial charge is 0.203 e. The SMILES string of the molecule is C[C@]1(O)CCCC[C@H]1C(=O)c1ccco1. The number of rotatable bonds is 2. The number of aliphatic hydroxyl groups is 1. The van der Waals surface area contributed by atoms with E-state index in [9.17, 15) is 9.90 Å². The summed E-state index contributed by atoms with van der Waals surface area (Å²) in [5.41, 5.74) is -0.873. The zero-order valence-electron chi connectivity index (χ0n) is 8.90. The van der Waals surface area contributed by atoms with Gasteiger partial charge in [0.05, 0.1) is 17.8 Å². The van der Waals surface area contributed by atoms with Crippen LogP contribution in [0.2, 0.25) is 0 Å². The number of furan rings is 1. The summed E-state index contributed by atoms with van der Waals surface area (Å²) in [5, 5.41) is 10.1. The van der Waals surface area contributed by atoms with Crippen LogP contribution < -0.4 is 0 Å². The van der Waals surface area contributed by atoms with Crippen LogP contribution in [-0.2, 0) is 0 Å². The molecule has 2 rings (SSSR count). The largest absolute Gasteiger partial charge is 0.461 e. The summed E-state index contributed by atoms with van der Waals surface area (Å²) in [5.74, 6) is -0.00993. The molecule has 0 unspecified atom stereocenters. The molecule has 1 fully saturated rings. The van der Waals surface area contributed by atoms with Gasteiger partial charge < -0.3 is 9.52 Å². The minimum Gasteiger partial charge on any atom is -0.461 e. The van der Waals surface area contributed by atoms with E-state index < -0.39 is 5.60 Å². The van der Waals surface area contributed by atoms with E-state index in [1.807, 2.05) is 0 Å². The summed E-state index contributed by atoms with van der Waals surface area (Å²) in [4.78, 5) is 12.0. The monoisotopic (exact) mass is 208 g/mol. The first-order chi connectivity index (χ1) is 7.11. The lowest BCUT2D eigenvalue weighted by Gasteiger charge is -2.35. The van der Waals surface area contributed by atoms with Crippen LogP contribution in [0, 0.1) is 5.92 Å². The van der Waals surface area contributed by atoms with Crippen molar-refractivity contribution >= 4 is 5.78 Å². The molecule has 0 aliphatic heterocycles. The van der Waals surface area contributed by atoms with E-state index in [1.54, 1.807) is 19.1 Å². The van der Waals surface area contributed by atoms with Gasteiger partial charge in [0, 0.05) is 0 Å². The number of Topliss-reactive ketones (excluding diaryl/α,β-unsaturated/α-hetero) is 1. The van der Waals surface area contributed by atoms with Crippen molar-refractivity contribution in [3.05, 3.63) is 24.2 Å². The maximum Gasteiger partial charge on any atom is 0.203 e. The molecule has 1 aliphatic carbocycles. The van der Waals surface area contributed by atoms with Gasteiger partial charge in [0.25, 0.3) is 0 Å². The highest BCUT2D eigenvalue weighted by Crippen LogP contribution is 2.35. The van der Waals surface area contributed by atoms with Gasteiger partial charge in [0.15, 0.2) is 5.76 Å². The van der Waals surface area contributed by atoms with Crippen molar-refractivity contribution in [3.63, 3.8) is 0 Å². The Morgan fingerprint density at radius 3 is 3.00 bits per heavy atom. The molecule has 1 heterocycles. The van der Waals surface area contributed by atoms with Gasteiger partial charge in [0.1, 0.15) is 0 Å². The van der Waals surface area contributed by atoms with E-state index in [-0.39, 0.29) is 11.7 Å². The Hall–Kier alpha value is -1.09. The molecule has 82 valence electrons. The van der Waals surface area contributed by atoms with Gasteiger partial charge in [-0.3, -0.25) is 4.79 Å². The summed E-state index contributed by atoms with van der Waals surface area (Å²) in [6, 6.07) is 3.36. The molecule has 0 radical (unpaired) electrons. The number of hydrogen-bond donors (Lipinski definition) is 1. The lowest BCUT2D eigenvalue weighted by molar-refractivity contribution is -0.0221. The molecule has 0 aromatic carbocycles. The number of carbonyl (C=O) groups excluding carboxylic acids is 1. The Balaban J connectivity index is 2.19. The summed E-state index contributed by atoms with van der Waals surface area (Å²) >= 11 is 0. The molecule has 2 atom stereocenters. The summed E-state index contributed by atoms with van der Waals surface area (Å²) in [6.07, 6.45) is 4.95. The maximum absolute atomic E-state index is 12.0. The Bertz CT molecular complexity index is 338. The van der Waals surface area contributed by atoms with Gasteiger partial charge in [-0.05, 0) is 31.9 Å². The standard InChI is InChI=1S/C12H16O3/c1-12(14)7-3-2-5-9(12)11(13)10-6-4-8-15-10/h4,6,8-9,14H,2-3,5,7H2,1H3/t9-,12-/m0/s1. The summed E-state index contributed by atoms with van der Waals surface area (Å²) in [6.45, 7) is 1.75. The molecule has 1 aromatic heterocycles. The lowest BCUT2D eigenvalue weighted by atomic mass is 9.74. The molecule has 0 amide bonds. The van der Waals surface area contributed by atoms with Gasteiger partial charge in [-0.15, -0.1) is 0 Å². The van der Waals surface area contributed by atoms with E-state index in [0.717, 1.165) is 19.3 Å². The van der Waals surface area contributed by atoms with Gasteiger partial charge in [-0.25, -0.2) is 0 Å². The average molecular weight is 208 g/mol. The van der Waals surface area contributed by atoms with Gasteiger partial charge in [-0.1, -0.05) is 12.8 Å². The van der Waals surface area contributed by atoms with Crippen molar-refractivity contribution in [1.82, 2.24) is 0 Å². The van der Waals surface area contributed by atoms with Crippen LogP contribution in [0.15, 0.2) is 22.8 Å². The van der Waals surface area contributed by atoms with Crippen LogP contribution in [0.1, 0.15) is 43.2 Å². The number of hydrogen-bond acceptors (Lipinski definition) is 3. The Morgan fingerprint density at radius 1 is 1.60 bits per heavy atom. The maximum atomic E-state index is 12.0. The third kappa shape index (κ3) is 1.97. The van der Waals surface area contributed by atoms with Gasteiger partial charge >= 0.3 is 0 Å². The van der Waals surface area contributed by atoms with Crippen LogP contribution in [0.25, 0.3) is 0 Å². The molecule has 3 heteroatoms.